The van der Waals surface area contributed by atoms with Gasteiger partial charge in [0.2, 0.25) is 5.95 Å². The molecule has 0 aliphatic heterocycles. The van der Waals surface area contributed by atoms with E-state index in [9.17, 15) is 4.39 Å². The summed E-state index contributed by atoms with van der Waals surface area (Å²) in [5.74, 6) is -0.368. The number of pyridine rings is 1. The lowest BCUT2D eigenvalue weighted by atomic mass is 9.98. The summed E-state index contributed by atoms with van der Waals surface area (Å²) in [5, 5.41) is 0. The fraction of sp³-hybridized carbons (Fsp3) is 0.500. The van der Waals surface area contributed by atoms with Crippen LogP contribution in [0.1, 0.15) is 18.4 Å². The molecule has 0 atom stereocenters. The van der Waals surface area contributed by atoms with Crippen molar-refractivity contribution >= 4 is 15.9 Å². The zero-order valence-electron chi connectivity index (χ0n) is 7.76. The van der Waals surface area contributed by atoms with Crippen LogP contribution in [0.5, 0.6) is 0 Å². The van der Waals surface area contributed by atoms with Gasteiger partial charge in [-0.15, -0.1) is 0 Å². The summed E-state index contributed by atoms with van der Waals surface area (Å²) in [6.07, 6.45) is 4.40. The average Bonchev–Trinajstić information content (AvgIpc) is 2.92. The monoisotopic (exact) mass is 258 g/mol. The highest BCUT2D eigenvalue weighted by Crippen LogP contribution is 2.47. The molecule has 14 heavy (non-hydrogen) atoms. The molecule has 0 bridgehead atoms. The summed E-state index contributed by atoms with van der Waals surface area (Å²) in [6, 6.07) is 1.79. The molecule has 1 aliphatic rings. The predicted molar refractivity (Wildman–Crippen MR) is 56.3 cm³/mol. The van der Waals surface area contributed by atoms with E-state index < -0.39 is 0 Å². The molecule has 0 radical (unpaired) electrons. The van der Waals surface area contributed by atoms with Crippen molar-refractivity contribution in [2.24, 2.45) is 11.1 Å². The van der Waals surface area contributed by atoms with E-state index in [1.165, 1.54) is 6.20 Å². The van der Waals surface area contributed by atoms with Crippen molar-refractivity contribution in [2.75, 3.05) is 6.54 Å². The first-order valence-electron chi connectivity index (χ1n) is 4.65. The highest BCUT2D eigenvalue weighted by Gasteiger charge is 2.41. The third kappa shape index (κ3) is 1.96. The minimum Gasteiger partial charge on any atom is -0.330 e. The quantitative estimate of drug-likeness (QED) is 0.845. The Labute approximate surface area is 90.8 Å². The molecular weight excluding hydrogens is 247 g/mol. The molecule has 0 spiro atoms. The van der Waals surface area contributed by atoms with Crippen LogP contribution in [0.2, 0.25) is 0 Å². The van der Waals surface area contributed by atoms with Crippen LogP contribution in [-0.2, 0) is 6.42 Å². The zero-order chi connectivity index (χ0) is 10.2. The lowest BCUT2D eigenvalue weighted by Gasteiger charge is -2.12. The Morgan fingerprint density at radius 2 is 2.29 bits per heavy atom. The number of halogens is 2. The van der Waals surface area contributed by atoms with Crippen molar-refractivity contribution in [1.82, 2.24) is 4.98 Å². The van der Waals surface area contributed by atoms with Crippen molar-refractivity contribution in [1.29, 1.82) is 0 Å². The highest BCUT2D eigenvalue weighted by atomic mass is 79.9. The van der Waals surface area contributed by atoms with E-state index in [1.54, 1.807) is 6.07 Å². The van der Waals surface area contributed by atoms with Crippen molar-refractivity contribution < 1.29 is 4.39 Å². The van der Waals surface area contributed by atoms with Crippen LogP contribution >= 0.6 is 15.9 Å². The SMILES string of the molecule is NCC1(Cc2cc(Br)cnc2F)CC1. The molecule has 1 fully saturated rings. The molecule has 1 aliphatic carbocycles. The summed E-state index contributed by atoms with van der Waals surface area (Å²) in [4.78, 5) is 3.67. The van der Waals surface area contributed by atoms with Gasteiger partial charge in [-0.1, -0.05) is 0 Å². The second-order valence-electron chi connectivity index (χ2n) is 3.98. The standard InChI is InChI=1S/C10H12BrFN2/c11-8-3-7(9(12)14-5-8)4-10(6-13)1-2-10/h3,5H,1-2,4,6,13H2. The first-order valence-corrected chi connectivity index (χ1v) is 5.44. The van der Waals surface area contributed by atoms with Gasteiger partial charge in [-0.25, -0.2) is 4.98 Å². The number of rotatable bonds is 3. The van der Waals surface area contributed by atoms with E-state index in [-0.39, 0.29) is 11.4 Å². The minimum absolute atomic E-state index is 0.156. The second kappa shape index (κ2) is 3.59. The van der Waals surface area contributed by atoms with Crippen LogP contribution in [0.3, 0.4) is 0 Å². The summed E-state index contributed by atoms with van der Waals surface area (Å²) in [7, 11) is 0. The van der Waals surface area contributed by atoms with Gasteiger partial charge in [0.05, 0.1) is 0 Å². The lowest BCUT2D eigenvalue weighted by molar-refractivity contribution is 0.488. The molecule has 1 aromatic rings. The highest BCUT2D eigenvalue weighted by molar-refractivity contribution is 9.10. The first kappa shape index (κ1) is 10.1. The van der Waals surface area contributed by atoms with Crippen molar-refractivity contribution in [3.05, 3.63) is 28.2 Å². The predicted octanol–water partition coefficient (Wildman–Crippen LogP) is 2.26. The largest absolute Gasteiger partial charge is 0.330 e. The lowest BCUT2D eigenvalue weighted by Crippen LogP contribution is -2.18. The molecule has 0 amide bonds. The second-order valence-corrected chi connectivity index (χ2v) is 4.90. The van der Waals surface area contributed by atoms with E-state index in [0.717, 1.165) is 17.3 Å². The molecule has 0 saturated heterocycles. The Morgan fingerprint density at radius 3 is 2.86 bits per heavy atom. The Hall–Kier alpha value is -0.480. The molecule has 2 N–H and O–H groups in total. The van der Waals surface area contributed by atoms with Crippen LogP contribution < -0.4 is 5.73 Å². The summed E-state index contributed by atoms with van der Waals surface area (Å²) in [6.45, 7) is 0.638. The molecule has 4 heteroatoms. The van der Waals surface area contributed by atoms with Crippen LogP contribution in [0.25, 0.3) is 0 Å². The van der Waals surface area contributed by atoms with Gasteiger partial charge in [0.25, 0.3) is 0 Å². The maximum Gasteiger partial charge on any atom is 0.216 e. The van der Waals surface area contributed by atoms with E-state index in [4.69, 9.17) is 5.73 Å². The van der Waals surface area contributed by atoms with E-state index >= 15 is 0 Å². The molecular formula is C10H12BrFN2. The Bertz CT molecular complexity index is 350. The Balaban J connectivity index is 2.20. The van der Waals surface area contributed by atoms with Crippen LogP contribution in [0.15, 0.2) is 16.7 Å². The molecule has 1 aromatic heterocycles. The van der Waals surface area contributed by atoms with Crippen molar-refractivity contribution in [3.63, 3.8) is 0 Å². The first-order chi connectivity index (χ1) is 6.65. The third-order valence-corrected chi connectivity index (χ3v) is 3.27. The molecule has 0 aromatic carbocycles. The average molecular weight is 259 g/mol. The molecule has 0 unspecified atom stereocenters. The summed E-state index contributed by atoms with van der Waals surface area (Å²) in [5.41, 5.74) is 6.48. The molecule has 76 valence electrons. The molecule has 2 rings (SSSR count). The van der Waals surface area contributed by atoms with Gasteiger partial charge < -0.3 is 5.73 Å². The minimum atomic E-state index is -0.368. The van der Waals surface area contributed by atoms with Crippen LogP contribution in [0.4, 0.5) is 4.39 Å². The number of hydrogen-bond donors (Lipinski definition) is 1. The third-order valence-electron chi connectivity index (χ3n) is 2.83. The Kier molecular flexibility index (Phi) is 2.58. The van der Waals surface area contributed by atoms with Crippen LogP contribution in [-0.4, -0.2) is 11.5 Å². The van der Waals surface area contributed by atoms with Crippen molar-refractivity contribution in [2.45, 2.75) is 19.3 Å². The summed E-state index contributed by atoms with van der Waals surface area (Å²) >= 11 is 3.29. The normalized spacial score (nSPS) is 18.2. The molecule has 2 nitrogen and oxygen atoms in total. The maximum atomic E-state index is 13.3. The number of nitrogens with two attached hydrogens (primary N) is 1. The fourth-order valence-electron chi connectivity index (χ4n) is 1.62. The smallest absolute Gasteiger partial charge is 0.216 e. The van der Waals surface area contributed by atoms with E-state index in [2.05, 4.69) is 20.9 Å². The van der Waals surface area contributed by atoms with Gasteiger partial charge >= 0.3 is 0 Å². The fourth-order valence-corrected chi connectivity index (χ4v) is 2.00. The molecule has 1 saturated carbocycles. The van der Waals surface area contributed by atoms with Gasteiger partial charge in [0.1, 0.15) is 0 Å². The van der Waals surface area contributed by atoms with Crippen molar-refractivity contribution in [3.8, 4) is 0 Å². The van der Waals surface area contributed by atoms with E-state index in [0.29, 0.717) is 18.5 Å². The summed E-state index contributed by atoms with van der Waals surface area (Å²) < 4.78 is 14.1. The zero-order valence-corrected chi connectivity index (χ0v) is 9.35. The van der Waals surface area contributed by atoms with E-state index in [1.807, 2.05) is 0 Å². The van der Waals surface area contributed by atoms with Gasteiger partial charge in [-0.2, -0.15) is 4.39 Å². The number of aromatic nitrogens is 1. The van der Waals surface area contributed by atoms with Gasteiger partial charge in [-0.05, 0) is 53.2 Å². The van der Waals surface area contributed by atoms with Gasteiger partial charge in [0.15, 0.2) is 0 Å². The van der Waals surface area contributed by atoms with Crippen LogP contribution in [0, 0.1) is 11.4 Å². The topological polar surface area (TPSA) is 38.9 Å². The van der Waals surface area contributed by atoms with Gasteiger partial charge in [-0.3, -0.25) is 0 Å². The maximum absolute atomic E-state index is 13.3. The number of hydrogen-bond acceptors (Lipinski definition) is 2. The molecule has 1 heterocycles. The number of nitrogens with zero attached hydrogens (tertiary/aromatic N) is 1. The Morgan fingerprint density at radius 1 is 1.57 bits per heavy atom. The van der Waals surface area contributed by atoms with Gasteiger partial charge in [0, 0.05) is 16.2 Å².